The maximum absolute atomic E-state index is 12.3. The minimum atomic E-state index is -0.586. The predicted octanol–water partition coefficient (Wildman–Crippen LogP) is 2.31. The fourth-order valence-electron chi connectivity index (χ4n) is 3.80. The molecule has 3 amide bonds. The lowest BCUT2D eigenvalue weighted by Gasteiger charge is -2.29. The normalized spacial score (nSPS) is 16.8. The SMILES string of the molecule is COC(=O)c1cccc([N+](=O)[O-])c1CBr.Nc1cccc2c1CN(C1CCC(=O)NC1=O)C2=O. The molecule has 0 bridgehead atoms. The van der Waals surface area contributed by atoms with Crippen molar-refractivity contribution >= 4 is 51.0 Å². The smallest absolute Gasteiger partial charge is 0.338 e. The van der Waals surface area contributed by atoms with Crippen LogP contribution in [0.4, 0.5) is 11.4 Å². The summed E-state index contributed by atoms with van der Waals surface area (Å²) in [7, 11) is 1.24. The first-order chi connectivity index (χ1) is 16.2. The van der Waals surface area contributed by atoms with Gasteiger partial charge in [0.05, 0.1) is 23.2 Å². The van der Waals surface area contributed by atoms with Crippen molar-refractivity contribution in [3.05, 3.63) is 68.8 Å². The summed E-state index contributed by atoms with van der Waals surface area (Å²) in [5, 5.41) is 13.2. The van der Waals surface area contributed by atoms with Crippen molar-refractivity contribution in [2.75, 3.05) is 12.8 Å². The number of benzene rings is 2. The van der Waals surface area contributed by atoms with Crippen LogP contribution in [0.5, 0.6) is 0 Å². The number of imide groups is 1. The molecule has 4 rings (SSSR count). The van der Waals surface area contributed by atoms with Crippen LogP contribution in [-0.2, 0) is 26.2 Å². The van der Waals surface area contributed by atoms with Gasteiger partial charge >= 0.3 is 5.97 Å². The molecule has 1 unspecified atom stereocenters. The number of nitrogen functional groups attached to an aromatic ring is 1. The summed E-state index contributed by atoms with van der Waals surface area (Å²) in [6.45, 7) is 0.327. The van der Waals surface area contributed by atoms with Gasteiger partial charge in [-0.1, -0.05) is 28.1 Å². The highest BCUT2D eigenvalue weighted by atomic mass is 79.9. The second kappa shape index (κ2) is 10.4. The van der Waals surface area contributed by atoms with E-state index in [1.54, 1.807) is 18.2 Å². The Hall–Kier alpha value is -3.80. The zero-order chi connectivity index (χ0) is 25.0. The van der Waals surface area contributed by atoms with Crippen LogP contribution in [0.25, 0.3) is 0 Å². The van der Waals surface area contributed by atoms with Gasteiger partial charge in [0.1, 0.15) is 6.04 Å². The number of nitro groups is 1. The number of alkyl halides is 1. The molecule has 178 valence electrons. The Morgan fingerprint density at radius 1 is 1.26 bits per heavy atom. The first-order valence-electron chi connectivity index (χ1n) is 10.1. The first kappa shape index (κ1) is 24.8. The molecule has 1 atom stereocenters. The van der Waals surface area contributed by atoms with E-state index in [-0.39, 0.29) is 34.8 Å². The van der Waals surface area contributed by atoms with Gasteiger partial charge in [-0.25, -0.2) is 4.79 Å². The summed E-state index contributed by atoms with van der Waals surface area (Å²) in [6.07, 6.45) is 0.621. The third-order valence-electron chi connectivity index (χ3n) is 5.51. The number of carbonyl (C=O) groups excluding carboxylic acids is 4. The van der Waals surface area contributed by atoms with Crippen LogP contribution in [0.2, 0.25) is 0 Å². The quantitative estimate of drug-likeness (QED) is 0.151. The molecule has 34 heavy (non-hydrogen) atoms. The molecule has 0 aliphatic carbocycles. The average Bonchev–Trinajstić information content (AvgIpc) is 3.16. The maximum atomic E-state index is 12.3. The highest BCUT2D eigenvalue weighted by Crippen LogP contribution is 2.30. The summed E-state index contributed by atoms with van der Waals surface area (Å²) < 4.78 is 4.53. The van der Waals surface area contributed by atoms with Crippen molar-refractivity contribution in [1.29, 1.82) is 0 Å². The Labute approximate surface area is 202 Å². The lowest BCUT2D eigenvalue weighted by atomic mass is 10.0. The zero-order valence-electron chi connectivity index (χ0n) is 18.1. The molecule has 11 nitrogen and oxygen atoms in total. The summed E-state index contributed by atoms with van der Waals surface area (Å²) in [6, 6.07) is 8.88. The standard InChI is InChI=1S/C13H13N3O3.C9H8BrNO4/c14-9-3-1-2-7-8(9)6-16(13(7)19)10-4-5-11(17)15-12(10)18;1-15-9(12)6-3-2-4-8(11(13)14)7(6)5-10/h1-3,10H,4-6,14H2,(H,15,17,18);2-4H,5H2,1H3. The average molecular weight is 533 g/mol. The number of ether oxygens (including phenoxy) is 1. The van der Waals surface area contributed by atoms with Crippen molar-refractivity contribution < 1.29 is 28.8 Å². The fraction of sp³-hybridized carbons (Fsp3) is 0.273. The number of rotatable bonds is 4. The van der Waals surface area contributed by atoms with Crippen LogP contribution >= 0.6 is 15.9 Å². The highest BCUT2D eigenvalue weighted by molar-refractivity contribution is 9.08. The second-order valence-electron chi connectivity index (χ2n) is 7.46. The number of nitro benzene ring substituents is 1. The van der Waals surface area contributed by atoms with Gasteiger partial charge in [0, 0.05) is 41.2 Å². The molecule has 2 aromatic rings. The summed E-state index contributed by atoms with van der Waals surface area (Å²) in [5.74, 6) is -1.47. The molecular weight excluding hydrogens is 512 g/mol. The summed E-state index contributed by atoms with van der Waals surface area (Å²) in [5.41, 5.74) is 8.16. The molecule has 2 aliphatic rings. The van der Waals surface area contributed by atoms with E-state index in [4.69, 9.17) is 5.73 Å². The molecule has 1 saturated heterocycles. The number of esters is 1. The Balaban J connectivity index is 0.000000197. The van der Waals surface area contributed by atoms with E-state index in [1.807, 2.05) is 0 Å². The Morgan fingerprint density at radius 3 is 2.56 bits per heavy atom. The van der Waals surface area contributed by atoms with Gasteiger partial charge in [-0.15, -0.1) is 0 Å². The number of carbonyl (C=O) groups is 4. The molecule has 0 aromatic heterocycles. The van der Waals surface area contributed by atoms with Crippen molar-refractivity contribution in [2.24, 2.45) is 0 Å². The van der Waals surface area contributed by atoms with Crippen LogP contribution in [0, 0.1) is 10.1 Å². The molecular formula is C22H21BrN4O7. The molecule has 12 heteroatoms. The van der Waals surface area contributed by atoms with Crippen molar-refractivity contribution in [1.82, 2.24) is 10.2 Å². The minimum absolute atomic E-state index is 0.0882. The van der Waals surface area contributed by atoms with Crippen LogP contribution in [0.1, 0.15) is 44.7 Å². The molecule has 2 heterocycles. The second-order valence-corrected chi connectivity index (χ2v) is 8.02. The van der Waals surface area contributed by atoms with Gasteiger partial charge in [0.25, 0.3) is 11.6 Å². The largest absolute Gasteiger partial charge is 0.465 e. The van der Waals surface area contributed by atoms with E-state index in [1.165, 1.54) is 30.2 Å². The summed E-state index contributed by atoms with van der Waals surface area (Å²) >= 11 is 3.11. The van der Waals surface area contributed by atoms with E-state index in [9.17, 15) is 29.3 Å². The maximum Gasteiger partial charge on any atom is 0.338 e. The monoisotopic (exact) mass is 532 g/mol. The minimum Gasteiger partial charge on any atom is -0.465 e. The van der Waals surface area contributed by atoms with Crippen molar-refractivity contribution in [3.63, 3.8) is 0 Å². The number of fused-ring (bicyclic) bond motifs is 1. The van der Waals surface area contributed by atoms with Gasteiger partial charge in [0.15, 0.2) is 0 Å². The highest BCUT2D eigenvalue weighted by Gasteiger charge is 2.39. The van der Waals surface area contributed by atoms with Crippen molar-refractivity contribution in [3.8, 4) is 0 Å². The van der Waals surface area contributed by atoms with E-state index < -0.39 is 22.8 Å². The van der Waals surface area contributed by atoms with Gasteiger partial charge < -0.3 is 15.4 Å². The Kier molecular flexibility index (Phi) is 7.61. The predicted molar refractivity (Wildman–Crippen MR) is 124 cm³/mol. The van der Waals surface area contributed by atoms with Gasteiger partial charge in [-0.3, -0.25) is 29.8 Å². The third kappa shape index (κ3) is 4.91. The number of piperidine rings is 1. The van der Waals surface area contributed by atoms with Crippen LogP contribution in [0.3, 0.4) is 0 Å². The number of nitrogens with two attached hydrogens (primary N) is 1. The number of methoxy groups -OCH3 is 1. The molecule has 0 radical (unpaired) electrons. The molecule has 1 fully saturated rings. The van der Waals surface area contributed by atoms with E-state index in [0.717, 1.165) is 5.56 Å². The first-order valence-corrected chi connectivity index (χ1v) is 11.2. The number of nitrogens with zero attached hydrogens (tertiary/aromatic N) is 2. The van der Waals surface area contributed by atoms with E-state index in [0.29, 0.717) is 29.8 Å². The number of hydrogen-bond acceptors (Lipinski definition) is 8. The number of halogens is 1. The number of nitrogens with one attached hydrogen (secondary N) is 1. The Bertz CT molecular complexity index is 1180. The lowest BCUT2D eigenvalue weighted by molar-refractivity contribution is -0.385. The number of amides is 3. The van der Waals surface area contributed by atoms with Crippen LogP contribution in [0.15, 0.2) is 36.4 Å². The number of anilines is 1. The fourth-order valence-corrected chi connectivity index (χ4v) is 4.39. The Morgan fingerprint density at radius 2 is 1.97 bits per heavy atom. The molecule has 3 N–H and O–H groups in total. The molecule has 2 aromatic carbocycles. The van der Waals surface area contributed by atoms with E-state index >= 15 is 0 Å². The van der Waals surface area contributed by atoms with E-state index in [2.05, 4.69) is 26.0 Å². The molecule has 2 aliphatic heterocycles. The number of hydrogen-bond donors (Lipinski definition) is 2. The van der Waals surface area contributed by atoms with Gasteiger partial charge in [-0.2, -0.15) is 0 Å². The lowest BCUT2D eigenvalue weighted by Crippen LogP contribution is -2.52. The van der Waals surface area contributed by atoms with Crippen LogP contribution in [-0.4, -0.2) is 46.7 Å². The molecule has 0 saturated carbocycles. The van der Waals surface area contributed by atoms with Crippen LogP contribution < -0.4 is 11.1 Å². The van der Waals surface area contributed by atoms with Gasteiger partial charge in [0.2, 0.25) is 11.8 Å². The summed E-state index contributed by atoms with van der Waals surface area (Å²) in [4.78, 5) is 58.2. The topological polar surface area (TPSA) is 162 Å². The third-order valence-corrected chi connectivity index (χ3v) is 6.07. The zero-order valence-corrected chi connectivity index (χ0v) is 19.7. The van der Waals surface area contributed by atoms with Gasteiger partial charge in [-0.05, 0) is 24.6 Å². The molecule has 0 spiro atoms. The van der Waals surface area contributed by atoms with Crippen molar-refractivity contribution in [2.45, 2.75) is 30.8 Å².